The largest absolute Gasteiger partial charge is 0.481 e. The van der Waals surface area contributed by atoms with Crippen molar-refractivity contribution >= 4 is 23.8 Å². The van der Waals surface area contributed by atoms with Crippen LogP contribution in [0.2, 0.25) is 0 Å². The second kappa shape index (κ2) is 5.62. The minimum Gasteiger partial charge on any atom is -0.481 e. The van der Waals surface area contributed by atoms with Crippen LogP contribution in [-0.4, -0.2) is 52.6 Å². The van der Waals surface area contributed by atoms with Crippen molar-refractivity contribution in [1.29, 1.82) is 0 Å². The molecule has 5 nitrogen and oxygen atoms in total. The highest BCUT2D eigenvalue weighted by Gasteiger charge is 2.29. The minimum atomic E-state index is -0.925. The number of carboxylic acid groups (broad SMARTS) is 1. The van der Waals surface area contributed by atoms with Gasteiger partial charge in [0.2, 0.25) is 0 Å². The van der Waals surface area contributed by atoms with Crippen molar-refractivity contribution < 1.29 is 14.7 Å². The van der Waals surface area contributed by atoms with Crippen LogP contribution in [0, 0.1) is 5.41 Å². The van der Waals surface area contributed by atoms with Gasteiger partial charge in [0.15, 0.2) is 0 Å². The minimum absolute atomic E-state index is 0.152. The molecule has 17 heavy (non-hydrogen) atoms. The maximum absolute atomic E-state index is 11.8. The molecule has 0 aliphatic carbocycles. The molecular formula is C11H20N2O3S. The van der Waals surface area contributed by atoms with Crippen LogP contribution in [0.4, 0.5) is 4.79 Å². The van der Waals surface area contributed by atoms with E-state index in [1.54, 1.807) is 18.7 Å². The number of hydrogen-bond acceptors (Lipinski definition) is 3. The van der Waals surface area contributed by atoms with E-state index in [1.165, 1.54) is 0 Å². The molecule has 98 valence electrons. The first-order valence-corrected chi connectivity index (χ1v) is 6.75. The highest BCUT2D eigenvalue weighted by atomic mass is 32.2. The third-order valence-electron chi connectivity index (χ3n) is 2.79. The summed E-state index contributed by atoms with van der Waals surface area (Å²) in [5.41, 5.74) is -0.925. The number of amides is 2. The van der Waals surface area contributed by atoms with Crippen molar-refractivity contribution in [2.24, 2.45) is 5.41 Å². The van der Waals surface area contributed by atoms with Crippen molar-refractivity contribution in [3.8, 4) is 0 Å². The van der Waals surface area contributed by atoms with Crippen LogP contribution < -0.4 is 5.32 Å². The van der Waals surface area contributed by atoms with Crippen LogP contribution in [-0.2, 0) is 4.79 Å². The summed E-state index contributed by atoms with van der Waals surface area (Å²) in [7, 11) is 0. The van der Waals surface area contributed by atoms with Gasteiger partial charge in [0.1, 0.15) is 0 Å². The van der Waals surface area contributed by atoms with Gasteiger partial charge in [0, 0.05) is 30.6 Å². The Morgan fingerprint density at radius 1 is 1.53 bits per heavy atom. The van der Waals surface area contributed by atoms with E-state index in [9.17, 15) is 9.59 Å². The topological polar surface area (TPSA) is 69.6 Å². The molecule has 0 aromatic heterocycles. The van der Waals surface area contributed by atoms with E-state index in [0.29, 0.717) is 5.25 Å². The summed E-state index contributed by atoms with van der Waals surface area (Å²) in [6, 6.07) is -0.161. The predicted molar refractivity (Wildman–Crippen MR) is 68.3 cm³/mol. The molecule has 0 bridgehead atoms. The van der Waals surface area contributed by atoms with Crippen LogP contribution in [0.15, 0.2) is 0 Å². The van der Waals surface area contributed by atoms with E-state index in [1.807, 2.05) is 11.8 Å². The molecule has 1 unspecified atom stereocenters. The molecule has 1 atom stereocenters. The maximum Gasteiger partial charge on any atom is 0.317 e. The molecule has 1 saturated heterocycles. The van der Waals surface area contributed by atoms with E-state index in [4.69, 9.17) is 5.11 Å². The first-order chi connectivity index (χ1) is 7.83. The molecule has 1 fully saturated rings. The molecule has 0 aromatic carbocycles. The highest BCUT2D eigenvalue weighted by molar-refractivity contribution is 7.99. The molecule has 0 radical (unpaired) electrons. The number of hydrogen-bond donors (Lipinski definition) is 2. The van der Waals surface area contributed by atoms with E-state index in [2.05, 4.69) is 12.2 Å². The Labute approximate surface area is 106 Å². The molecule has 0 saturated carbocycles. The summed E-state index contributed by atoms with van der Waals surface area (Å²) in [6.07, 6.45) is 0. The van der Waals surface area contributed by atoms with E-state index < -0.39 is 11.4 Å². The van der Waals surface area contributed by atoms with E-state index >= 15 is 0 Å². The van der Waals surface area contributed by atoms with Crippen molar-refractivity contribution in [2.75, 3.05) is 25.4 Å². The first-order valence-electron chi connectivity index (χ1n) is 5.71. The van der Waals surface area contributed by atoms with Crippen LogP contribution in [0.1, 0.15) is 20.8 Å². The Balaban J connectivity index is 2.41. The summed E-state index contributed by atoms with van der Waals surface area (Å²) in [5.74, 6) is 0.0389. The molecule has 2 amide bonds. The molecule has 1 aliphatic heterocycles. The lowest BCUT2D eigenvalue weighted by atomic mass is 9.94. The number of carbonyl (C=O) groups excluding carboxylic acids is 1. The third kappa shape index (κ3) is 4.11. The summed E-state index contributed by atoms with van der Waals surface area (Å²) >= 11 is 1.85. The second-order valence-corrected chi connectivity index (χ2v) is 6.52. The standard InChI is InChI=1S/C11H20N2O3S/c1-8-6-13(4-5-17-8)10(16)12-7-11(2,3)9(14)15/h8H,4-7H2,1-3H3,(H,12,16)(H,14,15). The van der Waals surface area contributed by atoms with Crippen LogP contribution in [0.25, 0.3) is 0 Å². The lowest BCUT2D eigenvalue weighted by Crippen LogP contribution is -2.49. The molecule has 0 aromatic rings. The number of nitrogens with one attached hydrogen (secondary N) is 1. The number of carboxylic acids is 1. The lowest BCUT2D eigenvalue weighted by Gasteiger charge is -2.31. The summed E-state index contributed by atoms with van der Waals surface area (Å²) in [4.78, 5) is 24.5. The fourth-order valence-corrected chi connectivity index (χ4v) is 2.50. The molecule has 2 N–H and O–H groups in total. The fraction of sp³-hybridized carbons (Fsp3) is 0.818. The van der Waals surface area contributed by atoms with Crippen LogP contribution in [0.3, 0.4) is 0 Å². The van der Waals surface area contributed by atoms with E-state index in [0.717, 1.165) is 18.8 Å². The van der Waals surface area contributed by atoms with Gasteiger partial charge < -0.3 is 15.3 Å². The average Bonchev–Trinajstić information content (AvgIpc) is 2.25. The van der Waals surface area contributed by atoms with Gasteiger partial charge in [-0.15, -0.1) is 0 Å². The van der Waals surface area contributed by atoms with Gasteiger partial charge in [-0.2, -0.15) is 11.8 Å². The second-order valence-electron chi connectivity index (χ2n) is 4.98. The predicted octanol–water partition coefficient (Wildman–Crippen LogP) is 1.24. The number of carbonyl (C=O) groups is 2. The normalized spacial score (nSPS) is 21.1. The zero-order valence-corrected chi connectivity index (χ0v) is 11.3. The maximum atomic E-state index is 11.8. The van der Waals surface area contributed by atoms with E-state index in [-0.39, 0.29) is 12.6 Å². The van der Waals surface area contributed by atoms with Crippen LogP contribution in [0.5, 0.6) is 0 Å². The Morgan fingerprint density at radius 3 is 2.71 bits per heavy atom. The Bertz CT molecular complexity index is 307. The Morgan fingerprint density at radius 2 is 2.18 bits per heavy atom. The third-order valence-corrected chi connectivity index (χ3v) is 3.93. The molecule has 0 spiro atoms. The van der Waals surface area contributed by atoms with Crippen molar-refractivity contribution in [2.45, 2.75) is 26.0 Å². The average molecular weight is 260 g/mol. The van der Waals surface area contributed by atoms with Crippen molar-refractivity contribution in [3.05, 3.63) is 0 Å². The number of urea groups is 1. The van der Waals surface area contributed by atoms with Crippen molar-refractivity contribution in [3.63, 3.8) is 0 Å². The summed E-state index contributed by atoms with van der Waals surface area (Å²) in [6.45, 7) is 6.90. The SMILES string of the molecule is CC1CN(C(=O)NCC(C)(C)C(=O)O)CCS1. The number of rotatable bonds is 3. The zero-order chi connectivity index (χ0) is 13.1. The smallest absolute Gasteiger partial charge is 0.317 e. The molecule has 1 rings (SSSR count). The lowest BCUT2D eigenvalue weighted by molar-refractivity contribution is -0.146. The molecule has 1 heterocycles. The van der Waals surface area contributed by atoms with Gasteiger partial charge >= 0.3 is 12.0 Å². The molecule has 1 aliphatic rings. The number of thioether (sulfide) groups is 1. The quantitative estimate of drug-likeness (QED) is 0.801. The van der Waals surface area contributed by atoms with Gasteiger partial charge in [-0.25, -0.2) is 4.79 Å². The molecule has 6 heteroatoms. The highest BCUT2D eigenvalue weighted by Crippen LogP contribution is 2.18. The van der Waals surface area contributed by atoms with Gasteiger partial charge in [-0.1, -0.05) is 6.92 Å². The van der Waals surface area contributed by atoms with Crippen molar-refractivity contribution in [1.82, 2.24) is 10.2 Å². The monoisotopic (exact) mass is 260 g/mol. The Hall–Kier alpha value is -0.910. The zero-order valence-electron chi connectivity index (χ0n) is 10.5. The Kier molecular flexibility index (Phi) is 4.68. The van der Waals surface area contributed by atoms with Gasteiger partial charge in [0.25, 0.3) is 0 Å². The first kappa shape index (κ1) is 14.2. The number of nitrogens with zero attached hydrogens (tertiary/aromatic N) is 1. The van der Waals surface area contributed by atoms with Gasteiger partial charge in [-0.3, -0.25) is 4.79 Å². The van der Waals surface area contributed by atoms with Gasteiger partial charge in [0.05, 0.1) is 5.41 Å². The fourth-order valence-electron chi connectivity index (χ4n) is 1.49. The summed E-state index contributed by atoms with van der Waals surface area (Å²) in [5, 5.41) is 12.1. The molecular weight excluding hydrogens is 240 g/mol. The van der Waals surface area contributed by atoms with Crippen LogP contribution >= 0.6 is 11.8 Å². The number of aliphatic carboxylic acids is 1. The van der Waals surface area contributed by atoms with Gasteiger partial charge in [-0.05, 0) is 13.8 Å². The summed E-state index contributed by atoms with van der Waals surface area (Å²) < 4.78 is 0.